The van der Waals surface area contributed by atoms with Crippen LogP contribution in [0.4, 0.5) is 0 Å². The highest BCUT2D eigenvalue weighted by Gasteiger charge is 2.39. The average molecular weight is 392 g/mol. The number of halogens is 2. The normalized spacial score (nSPS) is 15.0. The SMILES string of the molecule is Cl.NC1(c2noc(-c3ccccc3OCc3ccccc3Cl)n2)CCC1. The molecule has 0 spiro atoms. The van der Waals surface area contributed by atoms with Crippen molar-refractivity contribution in [3.63, 3.8) is 0 Å². The lowest BCUT2D eigenvalue weighted by molar-refractivity contribution is 0.229. The maximum Gasteiger partial charge on any atom is 0.261 e. The third kappa shape index (κ3) is 3.56. The van der Waals surface area contributed by atoms with E-state index >= 15 is 0 Å². The Hall–Kier alpha value is -2.08. The van der Waals surface area contributed by atoms with Crippen LogP contribution in [0.1, 0.15) is 30.7 Å². The van der Waals surface area contributed by atoms with Crippen molar-refractivity contribution in [1.29, 1.82) is 0 Å². The molecule has 1 heterocycles. The van der Waals surface area contributed by atoms with Crippen LogP contribution >= 0.6 is 24.0 Å². The van der Waals surface area contributed by atoms with Crippen LogP contribution in [0.2, 0.25) is 5.02 Å². The molecular formula is C19H19Cl2N3O2. The minimum atomic E-state index is -0.449. The summed E-state index contributed by atoms with van der Waals surface area (Å²) in [5.41, 5.74) is 7.49. The molecular weight excluding hydrogens is 373 g/mol. The topological polar surface area (TPSA) is 74.2 Å². The zero-order chi connectivity index (χ0) is 17.3. The van der Waals surface area contributed by atoms with E-state index in [1.807, 2.05) is 48.5 Å². The molecule has 1 aliphatic carbocycles. The van der Waals surface area contributed by atoms with Gasteiger partial charge in [0.15, 0.2) is 5.82 Å². The number of rotatable bonds is 5. The van der Waals surface area contributed by atoms with Gasteiger partial charge in [0.25, 0.3) is 5.89 Å². The van der Waals surface area contributed by atoms with E-state index < -0.39 is 5.54 Å². The van der Waals surface area contributed by atoms with E-state index in [2.05, 4.69) is 10.1 Å². The summed E-state index contributed by atoms with van der Waals surface area (Å²) < 4.78 is 11.4. The summed E-state index contributed by atoms with van der Waals surface area (Å²) in [6.07, 6.45) is 2.87. The van der Waals surface area contributed by atoms with Crippen LogP contribution in [0.15, 0.2) is 53.1 Å². The summed E-state index contributed by atoms with van der Waals surface area (Å²) in [4.78, 5) is 4.50. The Morgan fingerprint density at radius 3 is 2.58 bits per heavy atom. The minimum absolute atomic E-state index is 0. The summed E-state index contributed by atoms with van der Waals surface area (Å²) in [5.74, 6) is 1.65. The van der Waals surface area contributed by atoms with Crippen LogP contribution in [0.25, 0.3) is 11.5 Å². The van der Waals surface area contributed by atoms with E-state index in [4.69, 9.17) is 26.6 Å². The largest absolute Gasteiger partial charge is 0.488 e. The van der Waals surface area contributed by atoms with E-state index in [0.717, 1.165) is 30.4 Å². The molecule has 136 valence electrons. The number of hydrogen-bond acceptors (Lipinski definition) is 5. The summed E-state index contributed by atoms with van der Waals surface area (Å²) in [5, 5.41) is 4.75. The second-order valence-electron chi connectivity index (χ2n) is 6.31. The van der Waals surface area contributed by atoms with E-state index in [1.54, 1.807) is 0 Å². The maximum atomic E-state index is 6.27. The molecule has 1 saturated carbocycles. The average Bonchev–Trinajstić information content (AvgIpc) is 3.09. The first-order chi connectivity index (χ1) is 12.2. The maximum absolute atomic E-state index is 6.27. The van der Waals surface area contributed by atoms with Gasteiger partial charge in [-0.15, -0.1) is 12.4 Å². The van der Waals surface area contributed by atoms with Crippen molar-refractivity contribution in [2.75, 3.05) is 0 Å². The molecule has 1 fully saturated rings. The Balaban J connectivity index is 0.00000196. The minimum Gasteiger partial charge on any atom is -0.488 e. The van der Waals surface area contributed by atoms with Crippen LogP contribution in [0.5, 0.6) is 5.75 Å². The highest BCUT2D eigenvalue weighted by molar-refractivity contribution is 6.31. The lowest BCUT2D eigenvalue weighted by atomic mass is 9.77. The van der Waals surface area contributed by atoms with Crippen molar-refractivity contribution >= 4 is 24.0 Å². The van der Waals surface area contributed by atoms with Crippen molar-refractivity contribution < 1.29 is 9.26 Å². The van der Waals surface area contributed by atoms with Gasteiger partial charge < -0.3 is 15.0 Å². The second kappa shape index (κ2) is 7.66. The van der Waals surface area contributed by atoms with Gasteiger partial charge in [0.1, 0.15) is 12.4 Å². The highest BCUT2D eigenvalue weighted by Crippen LogP contribution is 2.38. The molecule has 4 rings (SSSR count). The molecule has 5 nitrogen and oxygen atoms in total. The molecule has 1 aliphatic rings. The number of aromatic nitrogens is 2. The number of nitrogens with zero attached hydrogens (tertiary/aromatic N) is 2. The van der Waals surface area contributed by atoms with Crippen LogP contribution in [0, 0.1) is 0 Å². The Morgan fingerprint density at radius 1 is 1.12 bits per heavy atom. The monoisotopic (exact) mass is 391 g/mol. The predicted octanol–water partition coefficient (Wildman–Crippen LogP) is 4.73. The van der Waals surface area contributed by atoms with Crippen molar-refractivity contribution in [2.45, 2.75) is 31.4 Å². The fraction of sp³-hybridized carbons (Fsp3) is 0.263. The standard InChI is InChI=1S/C19H18ClN3O2.ClH/c20-15-8-3-1-6-13(15)12-24-16-9-4-2-7-14(16)17-22-18(23-25-17)19(21)10-5-11-19;/h1-4,6-9H,5,10-12,21H2;1H. The fourth-order valence-corrected chi connectivity index (χ4v) is 3.05. The smallest absolute Gasteiger partial charge is 0.261 e. The van der Waals surface area contributed by atoms with E-state index in [0.29, 0.717) is 29.1 Å². The van der Waals surface area contributed by atoms with Gasteiger partial charge in [0, 0.05) is 10.6 Å². The molecule has 2 N–H and O–H groups in total. The van der Waals surface area contributed by atoms with Gasteiger partial charge in [0.05, 0.1) is 11.1 Å². The van der Waals surface area contributed by atoms with Crippen molar-refractivity contribution in [3.05, 3.63) is 64.9 Å². The van der Waals surface area contributed by atoms with Crippen LogP contribution < -0.4 is 10.5 Å². The van der Waals surface area contributed by atoms with Gasteiger partial charge in [-0.1, -0.05) is 47.1 Å². The van der Waals surface area contributed by atoms with Gasteiger partial charge in [-0.25, -0.2) is 0 Å². The fourth-order valence-electron chi connectivity index (χ4n) is 2.86. The molecule has 7 heteroatoms. The first kappa shape index (κ1) is 18.7. The lowest BCUT2D eigenvalue weighted by Gasteiger charge is -2.34. The third-order valence-corrected chi connectivity index (χ3v) is 4.94. The summed E-state index contributed by atoms with van der Waals surface area (Å²) in [6, 6.07) is 15.2. The van der Waals surface area contributed by atoms with E-state index in [-0.39, 0.29) is 12.4 Å². The Kier molecular flexibility index (Phi) is 5.51. The Morgan fingerprint density at radius 2 is 1.85 bits per heavy atom. The van der Waals surface area contributed by atoms with Crippen molar-refractivity contribution in [3.8, 4) is 17.2 Å². The zero-order valence-electron chi connectivity index (χ0n) is 14.0. The molecule has 0 bridgehead atoms. The summed E-state index contributed by atoms with van der Waals surface area (Å²) in [7, 11) is 0. The second-order valence-corrected chi connectivity index (χ2v) is 6.72. The zero-order valence-corrected chi connectivity index (χ0v) is 15.6. The third-order valence-electron chi connectivity index (χ3n) is 4.58. The molecule has 0 atom stereocenters. The quantitative estimate of drug-likeness (QED) is 0.680. The summed E-state index contributed by atoms with van der Waals surface area (Å²) >= 11 is 6.19. The van der Waals surface area contributed by atoms with Crippen LogP contribution in [-0.4, -0.2) is 10.1 Å². The highest BCUT2D eigenvalue weighted by atomic mass is 35.5. The van der Waals surface area contributed by atoms with Crippen molar-refractivity contribution in [1.82, 2.24) is 10.1 Å². The van der Waals surface area contributed by atoms with Gasteiger partial charge >= 0.3 is 0 Å². The molecule has 0 amide bonds. The van der Waals surface area contributed by atoms with Gasteiger partial charge in [-0.2, -0.15) is 4.98 Å². The molecule has 0 saturated heterocycles. The predicted molar refractivity (Wildman–Crippen MR) is 102 cm³/mol. The first-order valence-electron chi connectivity index (χ1n) is 8.24. The van der Waals surface area contributed by atoms with Crippen LogP contribution in [0.3, 0.4) is 0 Å². The van der Waals surface area contributed by atoms with Crippen LogP contribution in [-0.2, 0) is 12.1 Å². The molecule has 0 radical (unpaired) electrons. The number of ether oxygens (including phenoxy) is 1. The van der Waals surface area contributed by atoms with E-state index in [9.17, 15) is 0 Å². The van der Waals surface area contributed by atoms with E-state index in [1.165, 1.54) is 0 Å². The first-order valence-corrected chi connectivity index (χ1v) is 8.62. The molecule has 1 aromatic heterocycles. The molecule has 26 heavy (non-hydrogen) atoms. The molecule has 3 aromatic rings. The summed E-state index contributed by atoms with van der Waals surface area (Å²) in [6.45, 7) is 0.360. The molecule has 2 aromatic carbocycles. The Bertz CT molecular complexity index is 894. The Labute approximate surface area is 162 Å². The number of nitrogens with two attached hydrogens (primary N) is 1. The van der Waals surface area contributed by atoms with Crippen molar-refractivity contribution in [2.24, 2.45) is 5.73 Å². The number of hydrogen-bond donors (Lipinski definition) is 1. The van der Waals surface area contributed by atoms with Gasteiger partial charge in [-0.3, -0.25) is 0 Å². The number of benzene rings is 2. The van der Waals surface area contributed by atoms with Gasteiger partial charge in [0.2, 0.25) is 0 Å². The number of para-hydroxylation sites is 1. The van der Waals surface area contributed by atoms with Gasteiger partial charge in [-0.05, 0) is 37.5 Å². The molecule has 0 unspecified atom stereocenters. The molecule has 0 aliphatic heterocycles. The lowest BCUT2D eigenvalue weighted by Crippen LogP contribution is -2.44.